The number of carbonyl (C=O) groups is 2. The maximum Gasteiger partial charge on any atom is 0.408 e. The minimum Gasteiger partial charge on any atom is -0.497 e. The highest BCUT2D eigenvalue weighted by Crippen LogP contribution is 2.38. The summed E-state index contributed by atoms with van der Waals surface area (Å²) in [5, 5.41) is 22.1. The Kier molecular flexibility index (Phi) is 11.5. The third kappa shape index (κ3) is 7.61. The van der Waals surface area contributed by atoms with E-state index < -0.39 is 26.5 Å². The molecule has 4 aromatic carbocycles. The van der Waals surface area contributed by atoms with Gasteiger partial charge in [-0.1, -0.05) is 112 Å². The number of amides is 2. The van der Waals surface area contributed by atoms with Crippen molar-refractivity contribution in [3.63, 3.8) is 0 Å². The molecule has 282 valence electrons. The summed E-state index contributed by atoms with van der Waals surface area (Å²) in [7, 11) is 0.223. The highest BCUT2D eigenvalue weighted by Gasteiger charge is 2.53. The number of hydrogen-bond donors (Lipinski definition) is 2. The number of β-lactam (4-membered cyclic amide) rings is 1. The molecule has 1 aliphatic rings. The van der Waals surface area contributed by atoms with Crippen molar-refractivity contribution in [2.45, 2.75) is 70.7 Å². The fourth-order valence-corrected chi connectivity index (χ4v) is 11.9. The molecule has 0 saturated carbocycles. The second-order valence-electron chi connectivity index (χ2n) is 14.4. The normalized spacial score (nSPS) is 15.8. The zero-order chi connectivity index (χ0) is 38.5. The Labute approximate surface area is 317 Å². The van der Waals surface area contributed by atoms with E-state index in [1.54, 1.807) is 31.3 Å². The number of benzene rings is 4. The topological polar surface area (TPSA) is 145 Å². The van der Waals surface area contributed by atoms with Crippen LogP contribution < -0.4 is 25.6 Å². The molecule has 1 fully saturated rings. The first-order valence-electron chi connectivity index (χ1n) is 17.9. The number of rotatable bonds is 15. The minimum atomic E-state index is -2.90. The van der Waals surface area contributed by atoms with Crippen molar-refractivity contribution in [2.24, 2.45) is 5.73 Å². The van der Waals surface area contributed by atoms with Gasteiger partial charge < -0.3 is 29.6 Å². The zero-order valence-electron chi connectivity index (χ0n) is 31.4. The van der Waals surface area contributed by atoms with Gasteiger partial charge in [0, 0.05) is 31.3 Å². The Hall–Kier alpha value is -5.50. The fraction of sp³-hybridized carbons (Fsp3) is 0.317. The summed E-state index contributed by atoms with van der Waals surface area (Å²) in [6, 6.07) is 33.8. The monoisotopic (exact) mass is 748 g/mol. The van der Waals surface area contributed by atoms with Crippen LogP contribution in [0.25, 0.3) is 0 Å². The van der Waals surface area contributed by atoms with Gasteiger partial charge >= 0.3 is 6.09 Å². The van der Waals surface area contributed by atoms with E-state index >= 15 is 0 Å². The second kappa shape index (κ2) is 16.2. The predicted molar refractivity (Wildman–Crippen MR) is 208 cm³/mol. The largest absolute Gasteiger partial charge is 0.497 e. The molecule has 1 aromatic heterocycles. The smallest absolute Gasteiger partial charge is 0.408 e. The molecule has 1 aliphatic heterocycles. The second-order valence-corrected chi connectivity index (χ2v) is 18.7. The van der Waals surface area contributed by atoms with Gasteiger partial charge in [-0.2, -0.15) is 15.0 Å². The van der Waals surface area contributed by atoms with Crippen LogP contribution in [0.5, 0.6) is 11.5 Å². The van der Waals surface area contributed by atoms with Crippen LogP contribution in [0.2, 0.25) is 5.04 Å². The van der Waals surface area contributed by atoms with Crippen LogP contribution in [0.3, 0.4) is 0 Å². The Morgan fingerprint density at radius 3 is 2.00 bits per heavy atom. The van der Waals surface area contributed by atoms with Gasteiger partial charge in [0.1, 0.15) is 28.9 Å². The molecule has 2 heterocycles. The Morgan fingerprint density at radius 1 is 0.870 bits per heavy atom. The van der Waals surface area contributed by atoms with Crippen LogP contribution in [0.4, 0.5) is 4.79 Å². The molecule has 0 unspecified atom stereocenters. The molecule has 0 aliphatic carbocycles. The van der Waals surface area contributed by atoms with Crippen LogP contribution in [0.15, 0.2) is 109 Å². The van der Waals surface area contributed by atoms with Crippen molar-refractivity contribution in [1.29, 1.82) is 0 Å². The predicted octanol–water partition coefficient (Wildman–Crippen LogP) is 4.79. The van der Waals surface area contributed by atoms with Crippen LogP contribution >= 0.6 is 0 Å². The maximum atomic E-state index is 14.0. The van der Waals surface area contributed by atoms with Crippen molar-refractivity contribution >= 4 is 30.7 Å². The molecule has 2 atom stereocenters. The molecule has 12 nitrogen and oxygen atoms in total. The lowest BCUT2D eigenvalue weighted by Gasteiger charge is -2.50. The number of aromatic nitrogens is 3. The molecule has 13 heteroatoms. The Balaban J connectivity index is 1.34. The number of carbonyl (C=O) groups excluding carboxylic acids is 1. The zero-order valence-corrected chi connectivity index (χ0v) is 32.4. The Bertz CT molecular complexity index is 2000. The van der Waals surface area contributed by atoms with Gasteiger partial charge in [-0.05, 0) is 33.1 Å². The number of nitrogens with two attached hydrogens (primary N) is 1. The number of ether oxygens (including phenoxy) is 2. The summed E-state index contributed by atoms with van der Waals surface area (Å²) >= 11 is 0. The van der Waals surface area contributed by atoms with E-state index in [2.05, 4.69) is 45.0 Å². The van der Waals surface area contributed by atoms with Gasteiger partial charge in [0.2, 0.25) is 5.91 Å². The van der Waals surface area contributed by atoms with Gasteiger partial charge in [0.05, 0.1) is 33.4 Å². The van der Waals surface area contributed by atoms with Gasteiger partial charge in [0.25, 0.3) is 8.32 Å². The van der Waals surface area contributed by atoms with E-state index in [1.807, 2.05) is 72.8 Å². The van der Waals surface area contributed by atoms with Crippen LogP contribution in [-0.4, -0.2) is 76.5 Å². The molecule has 0 radical (unpaired) electrons. The van der Waals surface area contributed by atoms with Crippen LogP contribution in [0.1, 0.15) is 43.3 Å². The average molecular weight is 749 g/mol. The van der Waals surface area contributed by atoms with E-state index in [-0.39, 0.29) is 43.7 Å². The summed E-state index contributed by atoms with van der Waals surface area (Å²) in [6.07, 6.45) is -1.20. The number of carboxylic acid groups (broad SMARTS) is 1. The molecule has 54 heavy (non-hydrogen) atoms. The van der Waals surface area contributed by atoms with E-state index in [4.69, 9.17) is 29.8 Å². The van der Waals surface area contributed by atoms with E-state index in [0.717, 1.165) is 21.5 Å². The number of methoxy groups -OCH3 is 2. The molecule has 6 rings (SSSR count). The minimum absolute atomic E-state index is 0.0426. The lowest BCUT2D eigenvalue weighted by atomic mass is 9.91. The van der Waals surface area contributed by atoms with Crippen molar-refractivity contribution in [3.8, 4) is 11.5 Å². The van der Waals surface area contributed by atoms with Crippen molar-refractivity contribution in [2.75, 3.05) is 14.2 Å². The number of nitrogens with zero attached hydrogens (tertiary/aromatic N) is 5. The van der Waals surface area contributed by atoms with Crippen LogP contribution in [-0.2, 0) is 42.0 Å². The lowest BCUT2D eigenvalue weighted by molar-refractivity contribution is -0.161. The molecule has 0 bridgehead atoms. The fourth-order valence-electron chi connectivity index (χ4n) is 7.43. The first-order chi connectivity index (χ1) is 26.0. The Morgan fingerprint density at radius 2 is 1.46 bits per heavy atom. The number of likely N-dealkylation sites (tertiary alicyclic amines) is 1. The third-order valence-corrected chi connectivity index (χ3v) is 15.1. The van der Waals surface area contributed by atoms with Crippen LogP contribution in [0, 0.1) is 0 Å². The molecule has 5 aromatic rings. The van der Waals surface area contributed by atoms with Gasteiger partial charge in [-0.25, -0.2) is 4.79 Å². The molecule has 2 amide bonds. The third-order valence-electron chi connectivity index (χ3n) is 10.1. The van der Waals surface area contributed by atoms with Gasteiger partial charge in [0.15, 0.2) is 0 Å². The summed E-state index contributed by atoms with van der Waals surface area (Å²) in [5.74, 6) is 0.842. The maximum absolute atomic E-state index is 14.0. The highest BCUT2D eigenvalue weighted by atomic mass is 28.4. The first-order valence-corrected chi connectivity index (χ1v) is 19.8. The molecular formula is C41H48N6O6Si. The lowest BCUT2D eigenvalue weighted by Crippen LogP contribution is -2.71. The average Bonchev–Trinajstić information content (AvgIpc) is 3.58. The SMILES string of the molecule is COc1ccc(CN2C(=O)[C@@H](N(Cc3ccccc3)C(=O)O)[C@H]2Cn2nc(CN)c(CO[Si](c3ccccc3)(c3ccccc3)C(C)(C)C)n2)c(OC)c1. The van der Waals surface area contributed by atoms with E-state index in [1.165, 1.54) is 9.70 Å². The summed E-state index contributed by atoms with van der Waals surface area (Å²) < 4.78 is 18.2. The van der Waals surface area contributed by atoms with Gasteiger partial charge in [-0.3, -0.25) is 9.69 Å². The highest BCUT2D eigenvalue weighted by molar-refractivity contribution is 6.99. The van der Waals surface area contributed by atoms with E-state index in [0.29, 0.717) is 22.9 Å². The summed E-state index contributed by atoms with van der Waals surface area (Å²) in [6.45, 7) is 7.27. The molecule has 3 N–H and O–H groups in total. The molecule has 0 spiro atoms. The first kappa shape index (κ1) is 38.2. The molecular weight excluding hydrogens is 701 g/mol. The summed E-state index contributed by atoms with van der Waals surface area (Å²) in [5.41, 5.74) is 8.94. The summed E-state index contributed by atoms with van der Waals surface area (Å²) in [4.78, 5) is 31.1. The standard InChI is InChI=1S/C41H48N6O6Si/c1-41(2,3)54(32-17-11-7-12-18-32,33-19-13-8-14-20-33)53-28-35-34(24-42)43-47(44-35)27-36-38(46(40(49)50)25-29-15-9-6-10-16-29)39(48)45(36)26-30-21-22-31(51-4)23-37(30)52-5/h6-23,36,38H,24-28,42H2,1-5H3,(H,49,50)/t36-,38+/m1/s1. The molecule has 1 saturated heterocycles. The quantitative estimate of drug-likeness (QED) is 0.114. The van der Waals surface area contributed by atoms with Crippen molar-refractivity contribution < 1.29 is 28.6 Å². The number of hydrogen-bond acceptors (Lipinski definition) is 8. The van der Waals surface area contributed by atoms with Crippen molar-refractivity contribution in [1.82, 2.24) is 24.8 Å². The van der Waals surface area contributed by atoms with E-state index in [9.17, 15) is 14.7 Å². The van der Waals surface area contributed by atoms with Gasteiger partial charge in [-0.15, -0.1) is 0 Å². The van der Waals surface area contributed by atoms with Crippen molar-refractivity contribution in [3.05, 3.63) is 132 Å².